The average Bonchev–Trinajstić information content (AvgIpc) is 2.68. The number of amides is 1. The lowest BCUT2D eigenvalue weighted by atomic mass is 10.2. The van der Waals surface area contributed by atoms with Gasteiger partial charge in [-0.3, -0.25) is 9.78 Å². The van der Waals surface area contributed by atoms with Crippen LogP contribution in [0.4, 0.5) is 11.4 Å². The first-order valence-corrected chi connectivity index (χ1v) is 8.79. The van der Waals surface area contributed by atoms with Gasteiger partial charge in [-0.25, -0.2) is 4.79 Å². The van der Waals surface area contributed by atoms with Crippen molar-refractivity contribution in [1.82, 2.24) is 4.98 Å². The molecule has 0 unspecified atom stereocenters. The molecular weight excluding hydrogens is 330 g/mol. The van der Waals surface area contributed by atoms with Crippen molar-refractivity contribution in [3.63, 3.8) is 0 Å². The van der Waals surface area contributed by atoms with E-state index in [1.54, 1.807) is 30.5 Å². The molecule has 0 spiro atoms. The molecule has 2 rings (SSSR count). The minimum Gasteiger partial charge on any atom is -0.465 e. The van der Waals surface area contributed by atoms with E-state index in [4.69, 9.17) is 0 Å². The molecule has 0 aliphatic heterocycles. The van der Waals surface area contributed by atoms with E-state index >= 15 is 0 Å². The van der Waals surface area contributed by atoms with E-state index in [2.05, 4.69) is 33.8 Å². The van der Waals surface area contributed by atoms with Gasteiger partial charge in [0.25, 0.3) is 5.91 Å². The van der Waals surface area contributed by atoms with Gasteiger partial charge in [-0.15, -0.1) is 0 Å². The first-order chi connectivity index (χ1) is 12.6. The summed E-state index contributed by atoms with van der Waals surface area (Å²) < 4.78 is 4.66. The van der Waals surface area contributed by atoms with Crippen molar-refractivity contribution in [2.24, 2.45) is 0 Å². The number of nitrogens with one attached hydrogen (secondary N) is 1. The molecule has 0 aliphatic carbocycles. The summed E-state index contributed by atoms with van der Waals surface area (Å²) in [6.07, 6.45) is 3.73. The average molecular weight is 355 g/mol. The second-order valence-corrected chi connectivity index (χ2v) is 5.91. The molecule has 1 amide bonds. The number of aromatic nitrogens is 1. The molecule has 2 aromatic rings. The number of esters is 1. The lowest BCUT2D eigenvalue weighted by molar-refractivity contribution is 0.0600. The van der Waals surface area contributed by atoms with Crippen LogP contribution >= 0.6 is 0 Å². The summed E-state index contributed by atoms with van der Waals surface area (Å²) in [5.74, 6) is -0.699. The van der Waals surface area contributed by atoms with Gasteiger partial charge in [0.15, 0.2) is 0 Å². The van der Waals surface area contributed by atoms with Gasteiger partial charge in [0.2, 0.25) is 0 Å². The number of carbonyl (C=O) groups is 2. The van der Waals surface area contributed by atoms with Crippen LogP contribution in [-0.4, -0.2) is 37.1 Å². The third kappa shape index (κ3) is 5.05. The summed E-state index contributed by atoms with van der Waals surface area (Å²) in [5, 5.41) is 2.80. The lowest BCUT2D eigenvalue weighted by Gasteiger charge is -2.23. The summed E-state index contributed by atoms with van der Waals surface area (Å²) in [6.45, 7) is 6.15. The fraction of sp³-hybridized carbons (Fsp3) is 0.350. The maximum absolute atomic E-state index is 12.5. The molecule has 1 aromatic heterocycles. The van der Waals surface area contributed by atoms with Gasteiger partial charge < -0.3 is 15.0 Å². The molecule has 1 aromatic carbocycles. The zero-order chi connectivity index (χ0) is 18.9. The van der Waals surface area contributed by atoms with Crippen LogP contribution in [-0.2, 0) is 4.74 Å². The standard InChI is InChI=1S/C20H25N3O3/c1-4-12-23(13-5-2)17-10-11-21-18(14-17)19(24)22-16-8-6-15(7-9-16)20(25)26-3/h6-11,14H,4-5,12-13H2,1-3H3,(H,22,24). The molecule has 0 fully saturated rings. The zero-order valence-corrected chi connectivity index (χ0v) is 15.5. The second kappa shape index (κ2) is 9.56. The number of methoxy groups -OCH3 is 1. The molecule has 1 N–H and O–H groups in total. The highest BCUT2D eigenvalue weighted by atomic mass is 16.5. The second-order valence-electron chi connectivity index (χ2n) is 5.91. The van der Waals surface area contributed by atoms with Crippen LogP contribution in [0.1, 0.15) is 47.5 Å². The van der Waals surface area contributed by atoms with Gasteiger partial charge >= 0.3 is 5.97 Å². The third-order valence-electron chi connectivity index (χ3n) is 3.89. The molecule has 0 bridgehead atoms. The number of ether oxygens (including phenoxy) is 1. The summed E-state index contributed by atoms with van der Waals surface area (Å²) in [4.78, 5) is 30.4. The highest BCUT2D eigenvalue weighted by Gasteiger charge is 2.12. The molecule has 138 valence electrons. The van der Waals surface area contributed by atoms with Gasteiger partial charge in [-0.1, -0.05) is 13.8 Å². The molecule has 6 nitrogen and oxygen atoms in total. The van der Waals surface area contributed by atoms with Crippen molar-refractivity contribution in [1.29, 1.82) is 0 Å². The van der Waals surface area contributed by atoms with Crippen LogP contribution in [0.2, 0.25) is 0 Å². The van der Waals surface area contributed by atoms with E-state index in [0.717, 1.165) is 31.6 Å². The Labute approximate surface area is 154 Å². The smallest absolute Gasteiger partial charge is 0.337 e. The molecule has 0 saturated carbocycles. The summed E-state index contributed by atoms with van der Waals surface area (Å²) in [7, 11) is 1.33. The maximum Gasteiger partial charge on any atom is 0.337 e. The number of pyridine rings is 1. The number of rotatable bonds is 8. The molecule has 1 heterocycles. The molecule has 0 saturated heterocycles. The Kier molecular flexibility index (Phi) is 7.14. The zero-order valence-electron chi connectivity index (χ0n) is 15.5. The minimum atomic E-state index is -0.413. The van der Waals surface area contributed by atoms with E-state index in [9.17, 15) is 9.59 Å². The van der Waals surface area contributed by atoms with Gasteiger partial charge in [0, 0.05) is 30.7 Å². The number of carbonyl (C=O) groups excluding carboxylic acids is 2. The lowest BCUT2D eigenvalue weighted by Crippen LogP contribution is -2.25. The van der Waals surface area contributed by atoms with Gasteiger partial charge in [-0.05, 0) is 49.2 Å². The predicted octanol–water partition coefficient (Wildman–Crippen LogP) is 3.75. The summed E-state index contributed by atoms with van der Waals surface area (Å²) in [6, 6.07) is 10.3. The molecular formula is C20H25N3O3. The maximum atomic E-state index is 12.5. The van der Waals surface area contributed by atoms with Crippen LogP contribution in [0.5, 0.6) is 0 Å². The number of benzene rings is 1. The van der Waals surface area contributed by atoms with Crippen LogP contribution < -0.4 is 10.2 Å². The van der Waals surface area contributed by atoms with E-state index < -0.39 is 5.97 Å². The number of anilines is 2. The quantitative estimate of drug-likeness (QED) is 0.730. The van der Waals surface area contributed by atoms with Crippen molar-refractivity contribution in [2.75, 3.05) is 30.4 Å². The van der Waals surface area contributed by atoms with Crippen molar-refractivity contribution >= 4 is 23.3 Å². The highest BCUT2D eigenvalue weighted by molar-refractivity contribution is 6.03. The van der Waals surface area contributed by atoms with Crippen molar-refractivity contribution in [2.45, 2.75) is 26.7 Å². The van der Waals surface area contributed by atoms with Crippen molar-refractivity contribution in [3.8, 4) is 0 Å². The summed E-state index contributed by atoms with van der Waals surface area (Å²) in [5.41, 5.74) is 2.38. The van der Waals surface area contributed by atoms with E-state index in [-0.39, 0.29) is 5.91 Å². The van der Waals surface area contributed by atoms with Gasteiger partial charge in [0.05, 0.1) is 12.7 Å². The Morgan fingerprint density at radius 3 is 2.31 bits per heavy atom. The predicted molar refractivity (Wildman–Crippen MR) is 103 cm³/mol. The number of hydrogen-bond acceptors (Lipinski definition) is 5. The molecule has 6 heteroatoms. The molecule has 0 aliphatic rings. The third-order valence-corrected chi connectivity index (χ3v) is 3.89. The first kappa shape index (κ1) is 19.4. The Morgan fingerprint density at radius 2 is 1.73 bits per heavy atom. The van der Waals surface area contributed by atoms with E-state index in [1.807, 2.05) is 12.1 Å². The highest BCUT2D eigenvalue weighted by Crippen LogP contribution is 2.17. The van der Waals surface area contributed by atoms with Crippen molar-refractivity contribution < 1.29 is 14.3 Å². The largest absolute Gasteiger partial charge is 0.465 e. The SMILES string of the molecule is CCCN(CCC)c1ccnc(C(=O)Nc2ccc(C(=O)OC)cc2)c1. The van der Waals surface area contributed by atoms with Gasteiger partial charge in [0.1, 0.15) is 5.69 Å². The topological polar surface area (TPSA) is 71.5 Å². The van der Waals surface area contributed by atoms with Crippen LogP contribution in [0.3, 0.4) is 0 Å². The van der Waals surface area contributed by atoms with E-state index in [1.165, 1.54) is 7.11 Å². The minimum absolute atomic E-state index is 0.286. The molecule has 26 heavy (non-hydrogen) atoms. The Morgan fingerprint density at radius 1 is 1.08 bits per heavy atom. The monoisotopic (exact) mass is 355 g/mol. The van der Waals surface area contributed by atoms with Crippen LogP contribution in [0.15, 0.2) is 42.6 Å². The van der Waals surface area contributed by atoms with Crippen molar-refractivity contribution in [3.05, 3.63) is 53.9 Å². The van der Waals surface area contributed by atoms with Crippen LogP contribution in [0, 0.1) is 0 Å². The summed E-state index contributed by atoms with van der Waals surface area (Å²) >= 11 is 0. The number of nitrogens with zero attached hydrogens (tertiary/aromatic N) is 2. The Hall–Kier alpha value is -2.89. The first-order valence-electron chi connectivity index (χ1n) is 8.79. The fourth-order valence-corrected chi connectivity index (χ4v) is 2.65. The number of hydrogen-bond donors (Lipinski definition) is 1. The van der Waals surface area contributed by atoms with Gasteiger partial charge in [-0.2, -0.15) is 0 Å². The Balaban J connectivity index is 2.12. The molecule has 0 radical (unpaired) electrons. The van der Waals surface area contributed by atoms with E-state index in [0.29, 0.717) is 16.9 Å². The normalized spacial score (nSPS) is 10.3. The molecule has 0 atom stereocenters. The van der Waals surface area contributed by atoms with Crippen LogP contribution in [0.25, 0.3) is 0 Å². The Bertz CT molecular complexity index is 738. The fourth-order valence-electron chi connectivity index (χ4n) is 2.65.